The summed E-state index contributed by atoms with van der Waals surface area (Å²) in [6.45, 7) is 0.227. The number of alkyl halides is 6. The first-order valence-corrected chi connectivity index (χ1v) is 11.2. The SMILES string of the molecule is CN(CCCN(CCCc1cnoc1-c1ccc(C(F)(F)F)cc1)C(=O)C(F)(F)F)c1ccccc1. The van der Waals surface area contributed by atoms with Crippen LogP contribution in [0.15, 0.2) is 65.3 Å². The number of nitrogens with zero attached hydrogens (tertiary/aromatic N) is 3. The summed E-state index contributed by atoms with van der Waals surface area (Å²) in [5.74, 6) is -1.67. The number of aryl methyl sites for hydroxylation is 1. The predicted molar refractivity (Wildman–Crippen MR) is 122 cm³/mol. The van der Waals surface area contributed by atoms with Crippen molar-refractivity contribution in [2.24, 2.45) is 0 Å². The van der Waals surface area contributed by atoms with Crippen LogP contribution < -0.4 is 4.90 Å². The molecule has 3 rings (SSSR count). The third-order valence-electron chi connectivity index (χ3n) is 5.64. The molecule has 1 heterocycles. The minimum Gasteiger partial charge on any atom is -0.375 e. The van der Waals surface area contributed by atoms with Gasteiger partial charge in [-0.1, -0.05) is 35.5 Å². The van der Waals surface area contributed by atoms with E-state index in [1.165, 1.54) is 18.3 Å². The number of para-hydroxylation sites is 1. The first-order valence-electron chi connectivity index (χ1n) is 11.2. The van der Waals surface area contributed by atoms with E-state index >= 15 is 0 Å². The minimum absolute atomic E-state index is 0.0785. The Bertz CT molecular complexity index is 1110. The number of carbonyl (C=O) groups excluding carboxylic acids is 1. The van der Waals surface area contributed by atoms with Gasteiger partial charge in [-0.3, -0.25) is 4.79 Å². The molecule has 0 aliphatic carbocycles. The molecule has 3 aromatic rings. The Morgan fingerprint density at radius 2 is 1.53 bits per heavy atom. The van der Waals surface area contributed by atoms with Crippen LogP contribution in [-0.4, -0.2) is 48.8 Å². The average Bonchev–Trinajstić information content (AvgIpc) is 3.30. The van der Waals surface area contributed by atoms with Crippen molar-refractivity contribution >= 4 is 11.6 Å². The highest BCUT2D eigenvalue weighted by molar-refractivity contribution is 5.81. The second-order valence-corrected chi connectivity index (χ2v) is 8.26. The van der Waals surface area contributed by atoms with E-state index in [1.807, 2.05) is 42.3 Å². The second kappa shape index (κ2) is 11.5. The molecule has 0 unspecified atom stereocenters. The van der Waals surface area contributed by atoms with Gasteiger partial charge < -0.3 is 14.3 Å². The van der Waals surface area contributed by atoms with Crippen LogP contribution in [0.3, 0.4) is 0 Å². The summed E-state index contributed by atoms with van der Waals surface area (Å²) in [6, 6.07) is 13.7. The molecule has 11 heteroatoms. The van der Waals surface area contributed by atoms with Crippen molar-refractivity contribution in [1.82, 2.24) is 10.1 Å². The van der Waals surface area contributed by atoms with E-state index in [1.54, 1.807) is 0 Å². The van der Waals surface area contributed by atoms with Gasteiger partial charge in [0.2, 0.25) is 0 Å². The average molecular weight is 513 g/mol. The van der Waals surface area contributed by atoms with E-state index in [-0.39, 0.29) is 31.7 Å². The largest absolute Gasteiger partial charge is 0.471 e. The molecule has 0 N–H and O–H groups in total. The van der Waals surface area contributed by atoms with Gasteiger partial charge in [0, 0.05) is 43.5 Å². The van der Waals surface area contributed by atoms with Crippen LogP contribution in [0, 0.1) is 0 Å². The van der Waals surface area contributed by atoms with Gasteiger partial charge in [0.25, 0.3) is 0 Å². The van der Waals surface area contributed by atoms with Crippen molar-refractivity contribution < 1.29 is 35.7 Å². The van der Waals surface area contributed by atoms with Crippen molar-refractivity contribution in [1.29, 1.82) is 0 Å². The van der Waals surface area contributed by atoms with Gasteiger partial charge in [0.05, 0.1) is 11.8 Å². The molecule has 0 aliphatic heterocycles. The Hall–Kier alpha value is -3.50. The number of rotatable bonds is 10. The number of hydrogen-bond acceptors (Lipinski definition) is 4. The molecule has 194 valence electrons. The summed E-state index contributed by atoms with van der Waals surface area (Å²) in [6.07, 6.45) is -7.35. The maximum atomic E-state index is 13.1. The van der Waals surface area contributed by atoms with Crippen LogP contribution in [0.5, 0.6) is 0 Å². The van der Waals surface area contributed by atoms with Crippen molar-refractivity contribution in [3.8, 4) is 11.3 Å². The molecular weight excluding hydrogens is 488 g/mol. The van der Waals surface area contributed by atoms with Gasteiger partial charge in [-0.25, -0.2) is 0 Å². The molecule has 0 spiro atoms. The normalized spacial score (nSPS) is 12.0. The fourth-order valence-corrected chi connectivity index (χ4v) is 3.75. The maximum absolute atomic E-state index is 13.1. The fraction of sp³-hybridized carbons (Fsp3) is 0.360. The van der Waals surface area contributed by atoms with E-state index in [9.17, 15) is 31.1 Å². The molecule has 0 bridgehead atoms. The van der Waals surface area contributed by atoms with Crippen molar-refractivity contribution in [2.45, 2.75) is 31.6 Å². The molecule has 0 fully saturated rings. The monoisotopic (exact) mass is 513 g/mol. The lowest BCUT2D eigenvalue weighted by Crippen LogP contribution is -2.43. The molecule has 0 saturated heterocycles. The summed E-state index contributed by atoms with van der Waals surface area (Å²) in [4.78, 5) is 14.6. The Balaban J connectivity index is 1.60. The van der Waals surface area contributed by atoms with E-state index in [0.717, 1.165) is 22.7 Å². The van der Waals surface area contributed by atoms with Crippen LogP contribution in [0.4, 0.5) is 32.0 Å². The predicted octanol–water partition coefficient (Wildman–Crippen LogP) is 6.21. The number of aromatic nitrogens is 1. The van der Waals surface area contributed by atoms with Crippen molar-refractivity contribution in [3.05, 3.63) is 71.9 Å². The summed E-state index contributed by atoms with van der Waals surface area (Å²) in [5.41, 5.74) is 0.988. The molecule has 0 aliphatic rings. The van der Waals surface area contributed by atoms with Gasteiger partial charge in [0.1, 0.15) is 0 Å². The van der Waals surface area contributed by atoms with Crippen LogP contribution in [0.1, 0.15) is 24.0 Å². The fourth-order valence-electron chi connectivity index (χ4n) is 3.75. The number of amides is 1. The minimum atomic E-state index is -4.99. The van der Waals surface area contributed by atoms with Crippen LogP contribution >= 0.6 is 0 Å². The molecule has 0 radical (unpaired) electrons. The molecular formula is C25H25F6N3O2. The van der Waals surface area contributed by atoms with E-state index < -0.39 is 23.8 Å². The summed E-state index contributed by atoms with van der Waals surface area (Å²) in [5, 5.41) is 3.68. The second-order valence-electron chi connectivity index (χ2n) is 8.26. The lowest BCUT2D eigenvalue weighted by atomic mass is 10.0. The van der Waals surface area contributed by atoms with Gasteiger partial charge in [0.15, 0.2) is 5.76 Å². The van der Waals surface area contributed by atoms with Crippen LogP contribution in [0.2, 0.25) is 0 Å². The molecule has 1 aromatic heterocycles. The van der Waals surface area contributed by atoms with Crippen molar-refractivity contribution in [2.75, 3.05) is 31.6 Å². The van der Waals surface area contributed by atoms with Gasteiger partial charge in [-0.05, 0) is 43.5 Å². The Morgan fingerprint density at radius 3 is 2.14 bits per heavy atom. The zero-order chi connectivity index (χ0) is 26.3. The third kappa shape index (κ3) is 7.25. The summed E-state index contributed by atoms with van der Waals surface area (Å²) < 4.78 is 83.0. The Kier molecular flexibility index (Phi) is 8.65. The number of hydrogen-bond donors (Lipinski definition) is 0. The van der Waals surface area contributed by atoms with E-state index in [0.29, 0.717) is 24.1 Å². The molecule has 0 saturated carbocycles. The number of halogens is 6. The molecule has 2 aromatic carbocycles. The molecule has 5 nitrogen and oxygen atoms in total. The lowest BCUT2D eigenvalue weighted by molar-refractivity contribution is -0.185. The molecule has 0 atom stereocenters. The quantitative estimate of drug-likeness (QED) is 0.303. The zero-order valence-corrected chi connectivity index (χ0v) is 19.4. The Labute approximate surface area is 204 Å². The van der Waals surface area contributed by atoms with E-state index in [4.69, 9.17) is 4.52 Å². The number of anilines is 1. The maximum Gasteiger partial charge on any atom is 0.471 e. The molecule has 1 amide bonds. The van der Waals surface area contributed by atoms with Crippen LogP contribution in [0.25, 0.3) is 11.3 Å². The molecule has 36 heavy (non-hydrogen) atoms. The lowest BCUT2D eigenvalue weighted by Gasteiger charge is -2.26. The number of carbonyl (C=O) groups is 1. The summed E-state index contributed by atoms with van der Waals surface area (Å²) >= 11 is 0. The van der Waals surface area contributed by atoms with Gasteiger partial charge >= 0.3 is 18.3 Å². The zero-order valence-electron chi connectivity index (χ0n) is 19.4. The van der Waals surface area contributed by atoms with Gasteiger partial charge in [-0.2, -0.15) is 26.3 Å². The highest BCUT2D eigenvalue weighted by Gasteiger charge is 2.42. The summed E-state index contributed by atoms with van der Waals surface area (Å²) in [7, 11) is 1.82. The standard InChI is InChI=1S/C25H25F6N3O2/c1-33(21-8-3-2-4-9-21)14-6-16-34(23(35)25(29,30)31)15-5-7-19-17-32-36-22(19)18-10-12-20(13-11-18)24(26,27)28/h2-4,8-13,17H,5-7,14-16H2,1H3. The number of benzene rings is 2. The van der Waals surface area contributed by atoms with Crippen molar-refractivity contribution in [3.63, 3.8) is 0 Å². The topological polar surface area (TPSA) is 49.6 Å². The smallest absolute Gasteiger partial charge is 0.375 e. The first-order chi connectivity index (χ1) is 17.0. The highest BCUT2D eigenvalue weighted by atomic mass is 19.4. The third-order valence-corrected chi connectivity index (χ3v) is 5.64. The van der Waals surface area contributed by atoms with Crippen LogP contribution in [-0.2, 0) is 17.4 Å². The highest BCUT2D eigenvalue weighted by Crippen LogP contribution is 2.32. The first kappa shape index (κ1) is 27.1. The van der Waals surface area contributed by atoms with E-state index in [2.05, 4.69) is 5.16 Å². The Morgan fingerprint density at radius 1 is 0.889 bits per heavy atom. The van der Waals surface area contributed by atoms with Gasteiger partial charge in [-0.15, -0.1) is 0 Å².